The van der Waals surface area contributed by atoms with Gasteiger partial charge in [0.1, 0.15) is 5.75 Å². The van der Waals surface area contributed by atoms with Gasteiger partial charge in [0.15, 0.2) is 0 Å². The minimum absolute atomic E-state index is 0.0154. The summed E-state index contributed by atoms with van der Waals surface area (Å²) in [5, 5.41) is 3.06. The zero-order valence-corrected chi connectivity index (χ0v) is 13.9. The number of hydrogen-bond acceptors (Lipinski definition) is 4. The third kappa shape index (κ3) is 3.85. The molecule has 0 radical (unpaired) electrons. The van der Waals surface area contributed by atoms with E-state index in [1.807, 2.05) is 36.4 Å². The largest absolute Gasteiger partial charge is 0.496 e. The van der Waals surface area contributed by atoms with E-state index < -0.39 is 0 Å². The van der Waals surface area contributed by atoms with Crippen LogP contribution in [-0.4, -0.2) is 31.1 Å². The summed E-state index contributed by atoms with van der Waals surface area (Å²) in [5.74, 6) is 0.932. The maximum absolute atomic E-state index is 12.6. The Balaban J connectivity index is 1.58. The van der Waals surface area contributed by atoms with E-state index in [1.165, 1.54) is 0 Å². The molecule has 1 saturated heterocycles. The molecule has 1 amide bonds. The number of anilines is 1. The van der Waals surface area contributed by atoms with E-state index in [0.717, 1.165) is 42.9 Å². The van der Waals surface area contributed by atoms with Gasteiger partial charge in [-0.1, -0.05) is 18.2 Å². The van der Waals surface area contributed by atoms with Gasteiger partial charge in [-0.25, -0.2) is 0 Å². The molecular weight excluding hydrogens is 302 g/mol. The molecule has 1 atom stereocenters. The Morgan fingerprint density at radius 2 is 2.08 bits per heavy atom. The third-order valence-electron chi connectivity index (χ3n) is 4.47. The Bertz CT molecular complexity index is 675. The van der Waals surface area contributed by atoms with Crippen LogP contribution in [-0.2, 0) is 11.3 Å². The number of aromatic nitrogens is 1. The number of para-hydroxylation sites is 1. The summed E-state index contributed by atoms with van der Waals surface area (Å²) < 4.78 is 5.33. The molecule has 126 valence electrons. The molecule has 24 heavy (non-hydrogen) atoms. The molecule has 1 aliphatic rings. The van der Waals surface area contributed by atoms with Crippen molar-refractivity contribution in [2.45, 2.75) is 19.4 Å². The zero-order chi connectivity index (χ0) is 16.8. The van der Waals surface area contributed by atoms with Crippen LogP contribution in [0.5, 0.6) is 5.75 Å². The molecule has 5 nitrogen and oxygen atoms in total. The highest BCUT2D eigenvalue weighted by molar-refractivity contribution is 5.79. The molecule has 0 spiro atoms. The maximum atomic E-state index is 12.6. The predicted molar refractivity (Wildman–Crippen MR) is 94.0 cm³/mol. The van der Waals surface area contributed by atoms with Gasteiger partial charge < -0.3 is 15.0 Å². The van der Waals surface area contributed by atoms with Gasteiger partial charge in [0, 0.05) is 43.3 Å². The van der Waals surface area contributed by atoms with Crippen molar-refractivity contribution in [1.82, 2.24) is 10.3 Å². The highest BCUT2D eigenvalue weighted by Crippen LogP contribution is 2.23. The number of rotatable bonds is 5. The number of carbonyl (C=O) groups excluding carboxylic acids is 1. The first-order chi connectivity index (χ1) is 11.8. The first-order valence-corrected chi connectivity index (χ1v) is 8.32. The average molecular weight is 325 g/mol. The molecule has 0 bridgehead atoms. The molecular formula is C19H23N3O2. The van der Waals surface area contributed by atoms with E-state index in [1.54, 1.807) is 19.5 Å². The lowest BCUT2D eigenvalue weighted by molar-refractivity contribution is -0.125. The fourth-order valence-electron chi connectivity index (χ4n) is 3.16. The van der Waals surface area contributed by atoms with Crippen LogP contribution in [0.4, 0.5) is 5.69 Å². The maximum Gasteiger partial charge on any atom is 0.225 e. The van der Waals surface area contributed by atoms with Crippen LogP contribution in [0, 0.1) is 5.92 Å². The van der Waals surface area contributed by atoms with Crippen LogP contribution in [0.3, 0.4) is 0 Å². The van der Waals surface area contributed by atoms with Crippen molar-refractivity contribution < 1.29 is 9.53 Å². The van der Waals surface area contributed by atoms with Crippen molar-refractivity contribution in [1.29, 1.82) is 0 Å². The van der Waals surface area contributed by atoms with Crippen molar-refractivity contribution in [3.05, 3.63) is 54.4 Å². The quantitative estimate of drug-likeness (QED) is 0.918. The van der Waals surface area contributed by atoms with E-state index in [0.29, 0.717) is 6.54 Å². The Morgan fingerprint density at radius 1 is 1.29 bits per heavy atom. The van der Waals surface area contributed by atoms with Crippen molar-refractivity contribution in [2.75, 3.05) is 25.1 Å². The molecule has 2 heterocycles. The number of nitrogens with zero attached hydrogens (tertiary/aromatic N) is 2. The van der Waals surface area contributed by atoms with Gasteiger partial charge in [0.05, 0.1) is 13.0 Å². The monoisotopic (exact) mass is 325 g/mol. The second-order valence-electron chi connectivity index (χ2n) is 6.02. The van der Waals surface area contributed by atoms with Gasteiger partial charge in [-0.05, 0) is 31.0 Å². The molecule has 0 saturated carbocycles. The van der Waals surface area contributed by atoms with Crippen molar-refractivity contribution >= 4 is 11.6 Å². The van der Waals surface area contributed by atoms with E-state index in [9.17, 15) is 4.79 Å². The molecule has 2 aromatic rings. The summed E-state index contributed by atoms with van der Waals surface area (Å²) in [6.45, 7) is 2.23. The topological polar surface area (TPSA) is 54.5 Å². The number of hydrogen-bond donors (Lipinski definition) is 1. The zero-order valence-electron chi connectivity index (χ0n) is 13.9. The molecule has 3 rings (SSSR count). The Kier molecular flexibility index (Phi) is 5.31. The average Bonchev–Trinajstić information content (AvgIpc) is 2.67. The Morgan fingerprint density at radius 3 is 2.88 bits per heavy atom. The van der Waals surface area contributed by atoms with Gasteiger partial charge in [0.2, 0.25) is 5.91 Å². The number of nitrogens with one attached hydrogen (secondary N) is 1. The van der Waals surface area contributed by atoms with Gasteiger partial charge in [-0.3, -0.25) is 9.78 Å². The smallest absolute Gasteiger partial charge is 0.225 e. The first-order valence-electron chi connectivity index (χ1n) is 8.32. The second kappa shape index (κ2) is 7.81. The molecule has 5 heteroatoms. The lowest BCUT2D eigenvalue weighted by Crippen LogP contribution is -2.43. The van der Waals surface area contributed by atoms with Crippen molar-refractivity contribution in [3.63, 3.8) is 0 Å². The second-order valence-corrected chi connectivity index (χ2v) is 6.02. The van der Waals surface area contributed by atoms with Crippen LogP contribution in [0.1, 0.15) is 18.4 Å². The van der Waals surface area contributed by atoms with E-state index in [2.05, 4.69) is 15.2 Å². The van der Waals surface area contributed by atoms with Crippen molar-refractivity contribution in [2.24, 2.45) is 5.92 Å². The molecule has 1 unspecified atom stereocenters. The van der Waals surface area contributed by atoms with Crippen molar-refractivity contribution in [3.8, 4) is 5.75 Å². The van der Waals surface area contributed by atoms with E-state index in [4.69, 9.17) is 4.74 Å². The normalized spacial score (nSPS) is 17.4. The van der Waals surface area contributed by atoms with Gasteiger partial charge in [0.25, 0.3) is 0 Å². The van der Waals surface area contributed by atoms with E-state index >= 15 is 0 Å². The summed E-state index contributed by atoms with van der Waals surface area (Å²) >= 11 is 0. The Labute approximate surface area is 142 Å². The number of methoxy groups -OCH3 is 1. The summed E-state index contributed by atoms with van der Waals surface area (Å²) in [5.41, 5.74) is 2.13. The summed E-state index contributed by atoms with van der Waals surface area (Å²) in [4.78, 5) is 18.9. The number of ether oxygens (including phenoxy) is 1. The molecule has 1 aliphatic heterocycles. The fourth-order valence-corrected chi connectivity index (χ4v) is 3.16. The standard InChI is InChI=1S/C19H23N3O2/c1-24-18-7-3-2-5-15(18)13-21-19(23)16-6-4-12-22(14-16)17-8-10-20-11-9-17/h2-3,5,7-11,16H,4,6,12-14H2,1H3,(H,21,23). The Hall–Kier alpha value is -2.56. The number of piperidine rings is 1. The SMILES string of the molecule is COc1ccccc1CNC(=O)C1CCCN(c2ccncc2)C1. The van der Waals surface area contributed by atoms with Crippen LogP contribution < -0.4 is 15.0 Å². The fraction of sp³-hybridized carbons (Fsp3) is 0.368. The van der Waals surface area contributed by atoms with Gasteiger partial charge >= 0.3 is 0 Å². The molecule has 0 aliphatic carbocycles. The molecule has 1 aromatic heterocycles. The summed E-state index contributed by atoms with van der Waals surface area (Å²) in [6, 6.07) is 11.8. The highest BCUT2D eigenvalue weighted by atomic mass is 16.5. The molecule has 1 aromatic carbocycles. The van der Waals surface area contributed by atoms with Crippen LogP contribution in [0.2, 0.25) is 0 Å². The molecule has 1 N–H and O–H groups in total. The van der Waals surface area contributed by atoms with Crippen LogP contribution >= 0.6 is 0 Å². The number of carbonyl (C=O) groups is 1. The summed E-state index contributed by atoms with van der Waals surface area (Å²) in [7, 11) is 1.65. The first kappa shape index (κ1) is 16.3. The number of benzene rings is 1. The minimum atomic E-state index is 0.0154. The van der Waals surface area contributed by atoms with Gasteiger partial charge in [-0.2, -0.15) is 0 Å². The predicted octanol–water partition coefficient (Wildman–Crippen LogP) is 2.62. The number of amides is 1. The summed E-state index contributed by atoms with van der Waals surface area (Å²) in [6.07, 6.45) is 5.54. The lowest BCUT2D eigenvalue weighted by atomic mass is 9.96. The molecule has 1 fully saturated rings. The number of pyridine rings is 1. The minimum Gasteiger partial charge on any atom is -0.496 e. The van der Waals surface area contributed by atoms with E-state index in [-0.39, 0.29) is 11.8 Å². The lowest BCUT2D eigenvalue weighted by Gasteiger charge is -2.33. The van der Waals surface area contributed by atoms with Crippen LogP contribution in [0.25, 0.3) is 0 Å². The van der Waals surface area contributed by atoms with Crippen LogP contribution in [0.15, 0.2) is 48.8 Å². The highest BCUT2D eigenvalue weighted by Gasteiger charge is 2.25. The van der Waals surface area contributed by atoms with Gasteiger partial charge in [-0.15, -0.1) is 0 Å². The third-order valence-corrected chi connectivity index (χ3v) is 4.47.